The fraction of sp³-hybridized carbons (Fsp3) is 0.545. The van der Waals surface area contributed by atoms with Crippen molar-refractivity contribution in [2.24, 2.45) is 5.92 Å². The van der Waals surface area contributed by atoms with Crippen LogP contribution in [0.3, 0.4) is 0 Å². The van der Waals surface area contributed by atoms with Crippen LogP contribution in [0.25, 0.3) is 22.0 Å². The number of ether oxygens (including phenoxy) is 2. The lowest BCUT2D eigenvalue weighted by atomic mass is 9.90. The van der Waals surface area contributed by atoms with E-state index >= 15 is 4.39 Å². The van der Waals surface area contributed by atoms with Crippen LogP contribution in [0, 0.1) is 17.6 Å². The number of piperazine rings is 1. The van der Waals surface area contributed by atoms with Gasteiger partial charge >= 0.3 is 11.8 Å². The zero-order valence-corrected chi connectivity index (χ0v) is 27.1. The van der Waals surface area contributed by atoms with E-state index in [0.29, 0.717) is 35.7 Å². The lowest BCUT2D eigenvalue weighted by molar-refractivity contribution is 0.0130. The Bertz CT molecular complexity index is 1690. The monoisotopic (exact) mass is 643 g/mol. The lowest BCUT2D eigenvalue weighted by Gasteiger charge is -2.45. The quantitative estimate of drug-likeness (QED) is 0.365. The van der Waals surface area contributed by atoms with Gasteiger partial charge in [-0.15, -0.1) is 0 Å². The van der Waals surface area contributed by atoms with Crippen LogP contribution in [0.15, 0.2) is 29.1 Å². The maximum Gasteiger partial charge on any atom is 0.410 e. The summed E-state index contributed by atoms with van der Waals surface area (Å²) in [7, 11) is 0. The van der Waals surface area contributed by atoms with Crippen molar-refractivity contribution in [3.8, 4) is 16.9 Å². The van der Waals surface area contributed by atoms with Gasteiger partial charge in [-0.05, 0) is 91.1 Å². The van der Waals surface area contributed by atoms with Gasteiger partial charge < -0.3 is 24.6 Å². The highest BCUT2D eigenvalue weighted by Crippen LogP contribution is 2.48. The number of nitrogens with one attached hydrogen (secondary N) is 1. The molecule has 242 valence electrons. The van der Waals surface area contributed by atoms with E-state index in [4.69, 9.17) is 21.1 Å². The van der Waals surface area contributed by atoms with Crippen LogP contribution < -0.4 is 20.6 Å². The molecule has 0 unspecified atom stereocenters. The Balaban J connectivity index is 1.48. The molecule has 12 heteroatoms. The summed E-state index contributed by atoms with van der Waals surface area (Å²) in [4.78, 5) is 35.4. The number of carbonyl (C=O) groups is 1. The van der Waals surface area contributed by atoms with Gasteiger partial charge in [0.1, 0.15) is 29.7 Å². The van der Waals surface area contributed by atoms with Crippen molar-refractivity contribution >= 4 is 34.4 Å². The largest absolute Gasteiger partial charge is 0.488 e. The number of hydrogen-bond acceptors (Lipinski definition) is 7. The predicted octanol–water partition coefficient (Wildman–Crippen LogP) is 6.15. The molecule has 3 atom stereocenters. The number of aromatic nitrogens is 2. The van der Waals surface area contributed by atoms with Crippen molar-refractivity contribution in [1.82, 2.24) is 19.8 Å². The first-order valence-electron chi connectivity index (χ1n) is 15.7. The molecule has 4 heterocycles. The first kappa shape index (κ1) is 31.5. The molecule has 0 bridgehead atoms. The van der Waals surface area contributed by atoms with Gasteiger partial charge in [-0.3, -0.25) is 4.57 Å². The summed E-state index contributed by atoms with van der Waals surface area (Å²) in [6, 6.07) is 4.29. The Morgan fingerprint density at radius 3 is 2.56 bits per heavy atom. The molecule has 6 rings (SSSR count). The number of benzene rings is 2. The summed E-state index contributed by atoms with van der Waals surface area (Å²) in [6.07, 6.45) is 2.34. The van der Waals surface area contributed by atoms with E-state index < -0.39 is 29.0 Å². The molecule has 1 N–H and O–H groups in total. The SMILES string of the molecule is C[C@H]1CN(c2nc(=O)n3c4c(c(-c5ccc(F)cc5F)c(Cl)cc24)OC[C@H]3CC2CCNCC2)[C@@H](C)CN1C(=O)OC(C)(C)C. The topological polar surface area (TPSA) is 88.9 Å². The van der Waals surface area contributed by atoms with Crippen LogP contribution in [-0.2, 0) is 4.74 Å². The molecule has 0 spiro atoms. The van der Waals surface area contributed by atoms with E-state index in [0.717, 1.165) is 38.4 Å². The van der Waals surface area contributed by atoms with E-state index in [2.05, 4.69) is 10.3 Å². The van der Waals surface area contributed by atoms with Crippen molar-refractivity contribution in [3.63, 3.8) is 0 Å². The van der Waals surface area contributed by atoms with Crippen molar-refractivity contribution < 1.29 is 23.0 Å². The molecule has 2 aromatic carbocycles. The Labute approximate surface area is 266 Å². The first-order valence-corrected chi connectivity index (χ1v) is 16.0. The van der Waals surface area contributed by atoms with E-state index in [1.807, 2.05) is 39.5 Å². The third-order valence-electron chi connectivity index (χ3n) is 9.03. The Kier molecular flexibility index (Phi) is 8.45. The van der Waals surface area contributed by atoms with Crippen LogP contribution in [0.5, 0.6) is 5.75 Å². The minimum atomic E-state index is -0.781. The summed E-state index contributed by atoms with van der Waals surface area (Å²) in [6.45, 7) is 12.2. The zero-order valence-electron chi connectivity index (χ0n) is 26.3. The standard InChI is InChI=1S/C33H40ClF2N5O4/c1-18-16-40(32(43)45-33(3,4)5)19(2)15-39(18)30-24-14-25(34)27(23-7-6-21(35)13-26(23)36)29-28(24)41(31(42)38-30)22(17-44-29)12-20-8-10-37-11-9-20/h6-7,13-14,18-20,22,37H,8-12,15-17H2,1-5H3/t18-,19-,22+/m0/s1. The van der Waals surface area contributed by atoms with Crippen LogP contribution >= 0.6 is 11.6 Å². The molecule has 0 saturated carbocycles. The van der Waals surface area contributed by atoms with Crippen LogP contribution in [-0.4, -0.2) is 71.0 Å². The highest BCUT2D eigenvalue weighted by Gasteiger charge is 2.38. The number of amides is 1. The summed E-state index contributed by atoms with van der Waals surface area (Å²) in [5.41, 5.74) is -0.216. The Morgan fingerprint density at radius 2 is 1.87 bits per heavy atom. The van der Waals surface area contributed by atoms with E-state index in [-0.39, 0.29) is 46.6 Å². The number of anilines is 1. The molecule has 1 aromatic heterocycles. The van der Waals surface area contributed by atoms with E-state index in [9.17, 15) is 14.0 Å². The van der Waals surface area contributed by atoms with Crippen LogP contribution in [0.1, 0.15) is 59.9 Å². The number of halogens is 3. The van der Waals surface area contributed by atoms with Crippen molar-refractivity contribution in [1.29, 1.82) is 0 Å². The molecule has 3 aliphatic heterocycles. The normalized spacial score (nSPS) is 22.4. The molecule has 3 aromatic rings. The average Bonchev–Trinajstić information content (AvgIpc) is 2.96. The van der Waals surface area contributed by atoms with Crippen LogP contribution in [0.4, 0.5) is 19.4 Å². The number of carbonyl (C=O) groups excluding carboxylic acids is 1. The summed E-state index contributed by atoms with van der Waals surface area (Å²) < 4.78 is 42.8. The second-order valence-corrected chi connectivity index (χ2v) is 14.0. The van der Waals surface area contributed by atoms with Gasteiger partial charge in [0, 0.05) is 47.8 Å². The van der Waals surface area contributed by atoms with Gasteiger partial charge in [0.25, 0.3) is 0 Å². The number of rotatable bonds is 4. The van der Waals surface area contributed by atoms with Crippen LogP contribution in [0.2, 0.25) is 5.02 Å². The first-order chi connectivity index (χ1) is 21.3. The molecular weight excluding hydrogens is 604 g/mol. The molecule has 3 aliphatic rings. The third-order valence-corrected chi connectivity index (χ3v) is 9.33. The molecule has 2 fully saturated rings. The molecule has 2 saturated heterocycles. The smallest absolute Gasteiger partial charge is 0.410 e. The number of piperidine rings is 1. The summed E-state index contributed by atoms with van der Waals surface area (Å²) in [5.74, 6) is -0.377. The van der Waals surface area contributed by atoms with Gasteiger partial charge in [0.05, 0.1) is 16.6 Å². The summed E-state index contributed by atoms with van der Waals surface area (Å²) in [5, 5.41) is 4.18. The second kappa shape index (κ2) is 12.1. The van der Waals surface area contributed by atoms with Crippen molar-refractivity contribution in [2.45, 2.75) is 77.6 Å². The molecule has 1 amide bonds. The highest BCUT2D eigenvalue weighted by atomic mass is 35.5. The minimum Gasteiger partial charge on any atom is -0.488 e. The van der Waals surface area contributed by atoms with Gasteiger partial charge in [-0.1, -0.05) is 11.6 Å². The average molecular weight is 644 g/mol. The third kappa shape index (κ3) is 6.08. The minimum absolute atomic E-state index is 0.0837. The Hall–Kier alpha value is -3.44. The highest BCUT2D eigenvalue weighted by molar-refractivity contribution is 6.35. The molecule has 0 aliphatic carbocycles. The zero-order chi connectivity index (χ0) is 32.2. The van der Waals surface area contributed by atoms with Gasteiger partial charge in [0.15, 0.2) is 5.75 Å². The van der Waals surface area contributed by atoms with Crippen molar-refractivity contribution in [3.05, 3.63) is 51.4 Å². The Morgan fingerprint density at radius 1 is 1.13 bits per heavy atom. The van der Waals surface area contributed by atoms with Gasteiger partial charge in [-0.25, -0.2) is 18.4 Å². The molecule has 45 heavy (non-hydrogen) atoms. The van der Waals surface area contributed by atoms with Gasteiger partial charge in [-0.2, -0.15) is 4.98 Å². The molecule has 9 nitrogen and oxygen atoms in total. The predicted molar refractivity (Wildman–Crippen MR) is 170 cm³/mol. The summed E-state index contributed by atoms with van der Waals surface area (Å²) >= 11 is 6.89. The van der Waals surface area contributed by atoms with E-state index in [1.165, 1.54) is 12.1 Å². The van der Waals surface area contributed by atoms with Crippen molar-refractivity contribution in [2.75, 3.05) is 37.7 Å². The maximum atomic E-state index is 15.2. The second-order valence-electron chi connectivity index (χ2n) is 13.5. The van der Waals surface area contributed by atoms with Gasteiger partial charge in [0.2, 0.25) is 0 Å². The number of hydrogen-bond donors (Lipinski definition) is 1. The molecular formula is C33H40ClF2N5O4. The lowest BCUT2D eigenvalue weighted by Crippen LogP contribution is -2.59. The van der Waals surface area contributed by atoms with E-state index in [1.54, 1.807) is 15.5 Å². The fourth-order valence-corrected chi connectivity index (χ4v) is 7.19. The number of nitrogens with zero attached hydrogens (tertiary/aromatic N) is 4. The molecule has 0 radical (unpaired) electrons. The fourth-order valence-electron chi connectivity index (χ4n) is 6.89. The maximum absolute atomic E-state index is 15.2.